The van der Waals surface area contributed by atoms with Crippen molar-refractivity contribution in [1.29, 1.82) is 0 Å². The van der Waals surface area contributed by atoms with Crippen molar-refractivity contribution in [1.82, 2.24) is 15.2 Å². The molecule has 0 aliphatic heterocycles. The summed E-state index contributed by atoms with van der Waals surface area (Å²) in [6.07, 6.45) is 0.662. The maximum absolute atomic E-state index is 11.7. The van der Waals surface area contributed by atoms with Crippen LogP contribution in [-0.4, -0.2) is 15.2 Å². The summed E-state index contributed by atoms with van der Waals surface area (Å²) >= 11 is 1.54. The summed E-state index contributed by atoms with van der Waals surface area (Å²) in [4.78, 5) is 14.4. The molecule has 0 aliphatic rings. The van der Waals surface area contributed by atoms with Crippen molar-refractivity contribution in [2.75, 3.05) is 0 Å². The molecule has 2 rings (SSSR count). The number of nitrogens with two attached hydrogens (primary N) is 1. The summed E-state index contributed by atoms with van der Waals surface area (Å²) in [7, 11) is 0. The Morgan fingerprint density at radius 3 is 2.94 bits per heavy atom. The van der Waals surface area contributed by atoms with Crippen molar-refractivity contribution < 1.29 is 0 Å². The number of thiophene rings is 1. The largest absolute Gasteiger partial charge is 0.322 e. The highest BCUT2D eigenvalue weighted by Crippen LogP contribution is 2.16. The van der Waals surface area contributed by atoms with E-state index in [1.165, 1.54) is 0 Å². The SMILES string of the molecule is CCC(N)c1nnc(-c2ccsc2)[nH]c1=O. The minimum atomic E-state index is -0.354. The molecule has 3 N–H and O–H groups in total. The molecule has 0 spiro atoms. The van der Waals surface area contributed by atoms with Crippen LogP contribution in [0.4, 0.5) is 0 Å². The van der Waals surface area contributed by atoms with Crippen molar-refractivity contribution in [2.24, 2.45) is 5.73 Å². The molecule has 1 unspecified atom stereocenters. The minimum absolute atomic E-state index is 0.259. The zero-order valence-electron chi connectivity index (χ0n) is 8.80. The second kappa shape index (κ2) is 4.54. The van der Waals surface area contributed by atoms with Crippen molar-refractivity contribution in [2.45, 2.75) is 19.4 Å². The molecular weight excluding hydrogens is 224 g/mol. The Hall–Kier alpha value is -1.53. The van der Waals surface area contributed by atoms with Crippen LogP contribution >= 0.6 is 11.3 Å². The first-order chi connectivity index (χ1) is 7.72. The maximum atomic E-state index is 11.7. The molecule has 0 aromatic carbocycles. The Bertz CT molecular complexity index is 520. The number of aromatic amines is 1. The fourth-order valence-corrected chi connectivity index (χ4v) is 1.95. The van der Waals surface area contributed by atoms with E-state index in [-0.39, 0.29) is 11.6 Å². The third kappa shape index (κ3) is 2.02. The van der Waals surface area contributed by atoms with Crippen molar-refractivity contribution >= 4 is 11.3 Å². The highest BCUT2D eigenvalue weighted by atomic mass is 32.1. The van der Waals surface area contributed by atoms with E-state index in [2.05, 4.69) is 15.2 Å². The van der Waals surface area contributed by atoms with Gasteiger partial charge in [-0.1, -0.05) is 6.92 Å². The lowest BCUT2D eigenvalue weighted by molar-refractivity contribution is 0.645. The maximum Gasteiger partial charge on any atom is 0.274 e. The summed E-state index contributed by atoms with van der Waals surface area (Å²) in [6, 6.07) is 1.53. The second-order valence-electron chi connectivity index (χ2n) is 3.41. The van der Waals surface area contributed by atoms with E-state index in [9.17, 15) is 4.79 Å². The van der Waals surface area contributed by atoms with Gasteiger partial charge in [-0.15, -0.1) is 10.2 Å². The second-order valence-corrected chi connectivity index (χ2v) is 4.19. The highest BCUT2D eigenvalue weighted by Gasteiger charge is 2.12. The average Bonchev–Trinajstić information content (AvgIpc) is 2.81. The van der Waals surface area contributed by atoms with Crippen molar-refractivity contribution in [3.63, 3.8) is 0 Å². The van der Waals surface area contributed by atoms with Crippen LogP contribution in [0.15, 0.2) is 21.6 Å². The number of nitrogens with one attached hydrogen (secondary N) is 1. The number of aromatic nitrogens is 3. The van der Waals surface area contributed by atoms with Crippen LogP contribution in [0.1, 0.15) is 25.1 Å². The third-order valence-electron chi connectivity index (χ3n) is 2.31. The monoisotopic (exact) mass is 236 g/mol. The molecule has 0 amide bonds. The summed E-state index contributed by atoms with van der Waals surface area (Å²) in [5, 5.41) is 11.7. The molecule has 84 valence electrons. The van der Waals surface area contributed by atoms with E-state index >= 15 is 0 Å². The van der Waals surface area contributed by atoms with Gasteiger partial charge in [0.15, 0.2) is 5.82 Å². The lowest BCUT2D eigenvalue weighted by atomic mass is 10.2. The van der Waals surface area contributed by atoms with Gasteiger partial charge in [0, 0.05) is 10.9 Å². The Labute approximate surface area is 96.4 Å². The summed E-state index contributed by atoms with van der Waals surface area (Å²) < 4.78 is 0. The van der Waals surface area contributed by atoms with Gasteiger partial charge in [-0.2, -0.15) is 11.3 Å². The van der Waals surface area contributed by atoms with Gasteiger partial charge in [0.05, 0.1) is 6.04 Å². The molecule has 0 radical (unpaired) electrons. The summed E-state index contributed by atoms with van der Waals surface area (Å²) in [5.74, 6) is 0.485. The summed E-state index contributed by atoms with van der Waals surface area (Å²) in [6.45, 7) is 1.90. The first kappa shape index (κ1) is 11.0. The molecule has 2 aromatic heterocycles. The fraction of sp³-hybridized carbons (Fsp3) is 0.300. The number of nitrogens with zero attached hydrogens (tertiary/aromatic N) is 2. The van der Waals surface area contributed by atoms with E-state index in [0.29, 0.717) is 17.9 Å². The van der Waals surface area contributed by atoms with Crippen LogP contribution < -0.4 is 11.3 Å². The zero-order valence-corrected chi connectivity index (χ0v) is 9.62. The van der Waals surface area contributed by atoms with Gasteiger partial charge in [-0.05, 0) is 17.9 Å². The molecule has 0 saturated carbocycles. The van der Waals surface area contributed by atoms with Crippen LogP contribution in [0, 0.1) is 0 Å². The molecular formula is C10H12N4OS. The lowest BCUT2D eigenvalue weighted by Crippen LogP contribution is -2.24. The van der Waals surface area contributed by atoms with Crippen LogP contribution in [0.3, 0.4) is 0 Å². The van der Waals surface area contributed by atoms with Gasteiger partial charge in [0.25, 0.3) is 5.56 Å². The molecule has 1 atom stereocenters. The highest BCUT2D eigenvalue weighted by molar-refractivity contribution is 7.08. The Morgan fingerprint density at radius 2 is 2.38 bits per heavy atom. The van der Waals surface area contributed by atoms with E-state index in [1.807, 2.05) is 23.8 Å². The minimum Gasteiger partial charge on any atom is -0.322 e. The van der Waals surface area contributed by atoms with Gasteiger partial charge < -0.3 is 10.7 Å². The van der Waals surface area contributed by atoms with Crippen molar-refractivity contribution in [3.05, 3.63) is 32.9 Å². The Kier molecular flexibility index (Phi) is 3.12. The number of H-pyrrole nitrogens is 1. The van der Waals surface area contributed by atoms with Gasteiger partial charge >= 0.3 is 0 Å². The normalized spacial score (nSPS) is 12.6. The van der Waals surface area contributed by atoms with E-state index < -0.39 is 0 Å². The standard InChI is InChI=1S/C10H12N4OS/c1-2-7(11)8-10(15)12-9(14-13-8)6-3-4-16-5-6/h3-5,7H,2,11H2,1H3,(H,12,14,15). The number of hydrogen-bond donors (Lipinski definition) is 2. The van der Waals surface area contributed by atoms with Gasteiger partial charge in [0.2, 0.25) is 0 Å². The smallest absolute Gasteiger partial charge is 0.274 e. The lowest BCUT2D eigenvalue weighted by Gasteiger charge is -2.05. The molecule has 16 heavy (non-hydrogen) atoms. The molecule has 6 heteroatoms. The predicted molar refractivity (Wildman–Crippen MR) is 63.2 cm³/mol. The topological polar surface area (TPSA) is 84.7 Å². The van der Waals surface area contributed by atoms with Crippen molar-refractivity contribution in [3.8, 4) is 11.4 Å². The fourth-order valence-electron chi connectivity index (χ4n) is 1.31. The van der Waals surface area contributed by atoms with Crippen LogP contribution in [0.25, 0.3) is 11.4 Å². The third-order valence-corrected chi connectivity index (χ3v) is 2.99. The molecule has 0 saturated heterocycles. The predicted octanol–water partition coefficient (Wildman–Crippen LogP) is 1.30. The van der Waals surface area contributed by atoms with Gasteiger partial charge in [-0.25, -0.2) is 0 Å². The number of hydrogen-bond acceptors (Lipinski definition) is 5. The Morgan fingerprint density at radius 1 is 1.56 bits per heavy atom. The molecule has 0 aliphatic carbocycles. The van der Waals surface area contributed by atoms with Crippen LogP contribution in [0.2, 0.25) is 0 Å². The quantitative estimate of drug-likeness (QED) is 0.841. The van der Waals surface area contributed by atoms with Gasteiger partial charge in [0.1, 0.15) is 5.69 Å². The molecule has 2 heterocycles. The molecule has 0 fully saturated rings. The van der Waals surface area contributed by atoms with E-state index in [4.69, 9.17) is 5.73 Å². The Balaban J connectivity index is 2.41. The first-order valence-electron chi connectivity index (χ1n) is 4.97. The molecule has 0 bridgehead atoms. The van der Waals surface area contributed by atoms with Crippen LogP contribution in [-0.2, 0) is 0 Å². The van der Waals surface area contributed by atoms with Crippen LogP contribution in [0.5, 0.6) is 0 Å². The molecule has 5 nitrogen and oxygen atoms in total. The number of rotatable bonds is 3. The van der Waals surface area contributed by atoms with E-state index in [1.54, 1.807) is 11.3 Å². The van der Waals surface area contributed by atoms with Gasteiger partial charge in [-0.3, -0.25) is 4.79 Å². The molecule has 2 aromatic rings. The zero-order chi connectivity index (χ0) is 11.5. The summed E-state index contributed by atoms with van der Waals surface area (Å²) in [5.41, 5.74) is 6.64. The average molecular weight is 236 g/mol. The van der Waals surface area contributed by atoms with E-state index in [0.717, 1.165) is 5.56 Å². The first-order valence-corrected chi connectivity index (χ1v) is 5.91.